The summed E-state index contributed by atoms with van der Waals surface area (Å²) in [6.45, 7) is 5.99. The smallest absolute Gasteiger partial charge is 0.205 e. The van der Waals surface area contributed by atoms with Gasteiger partial charge in [-0.3, -0.25) is 0 Å². The molecule has 18 heavy (non-hydrogen) atoms. The quantitative estimate of drug-likeness (QED) is 0.483. The van der Waals surface area contributed by atoms with Crippen LogP contribution in [0.2, 0.25) is 0 Å². The minimum atomic E-state index is 0.465. The number of methoxy groups -OCH3 is 1. The van der Waals surface area contributed by atoms with Crippen LogP contribution < -0.4 is 21.3 Å². The van der Waals surface area contributed by atoms with E-state index in [1.165, 1.54) is 6.33 Å². The van der Waals surface area contributed by atoms with Crippen molar-refractivity contribution in [2.45, 2.75) is 19.9 Å². The third-order valence-corrected chi connectivity index (χ3v) is 2.78. The molecule has 0 amide bonds. The van der Waals surface area contributed by atoms with Gasteiger partial charge in [-0.05, 0) is 20.9 Å². The van der Waals surface area contributed by atoms with E-state index in [4.69, 9.17) is 10.6 Å². The summed E-state index contributed by atoms with van der Waals surface area (Å²) in [6, 6.07) is 0.514. The molecule has 7 heteroatoms. The molecule has 0 saturated carbocycles. The summed E-state index contributed by atoms with van der Waals surface area (Å²) in [5, 5.41) is 3.21. The van der Waals surface area contributed by atoms with E-state index in [-0.39, 0.29) is 0 Å². The second-order valence-corrected chi connectivity index (χ2v) is 4.25. The predicted octanol–water partition coefficient (Wildman–Crippen LogP) is 0.523. The maximum atomic E-state index is 5.36. The first-order valence-corrected chi connectivity index (χ1v) is 5.89. The lowest BCUT2D eigenvalue weighted by atomic mass is 10.3. The Kier molecular flexibility index (Phi) is 5.60. The number of nitrogens with zero attached hydrogens (tertiary/aromatic N) is 3. The second kappa shape index (κ2) is 6.97. The third-order valence-electron chi connectivity index (χ3n) is 2.78. The minimum absolute atomic E-state index is 0.465. The highest BCUT2D eigenvalue weighted by atomic mass is 16.5. The zero-order chi connectivity index (χ0) is 13.5. The van der Waals surface area contributed by atoms with Gasteiger partial charge >= 0.3 is 0 Å². The van der Waals surface area contributed by atoms with Crippen molar-refractivity contribution in [1.82, 2.24) is 14.9 Å². The third kappa shape index (κ3) is 3.71. The zero-order valence-corrected chi connectivity index (χ0v) is 11.4. The number of rotatable bonds is 7. The van der Waals surface area contributed by atoms with Crippen LogP contribution in [0.1, 0.15) is 13.8 Å². The van der Waals surface area contributed by atoms with E-state index < -0.39 is 0 Å². The average molecular weight is 254 g/mol. The Bertz CT molecular complexity index is 371. The van der Waals surface area contributed by atoms with Crippen LogP contribution in [-0.4, -0.2) is 48.2 Å². The van der Waals surface area contributed by atoms with Crippen LogP contribution in [0.15, 0.2) is 6.33 Å². The van der Waals surface area contributed by atoms with Crippen molar-refractivity contribution in [2.24, 2.45) is 5.84 Å². The Balaban J connectivity index is 2.62. The van der Waals surface area contributed by atoms with Crippen LogP contribution in [0.3, 0.4) is 0 Å². The van der Waals surface area contributed by atoms with Crippen LogP contribution in [0.4, 0.5) is 11.6 Å². The summed E-state index contributed by atoms with van der Waals surface area (Å²) in [6.07, 6.45) is 1.44. The van der Waals surface area contributed by atoms with Gasteiger partial charge in [0.1, 0.15) is 6.33 Å². The molecule has 0 aliphatic carbocycles. The highest BCUT2D eigenvalue weighted by Crippen LogP contribution is 2.27. The molecule has 0 aliphatic heterocycles. The molecule has 0 aromatic carbocycles. The van der Waals surface area contributed by atoms with Crippen molar-refractivity contribution in [1.29, 1.82) is 0 Å². The van der Waals surface area contributed by atoms with E-state index in [1.807, 2.05) is 0 Å². The lowest BCUT2D eigenvalue weighted by Crippen LogP contribution is -2.31. The Labute approximate surface area is 108 Å². The van der Waals surface area contributed by atoms with Gasteiger partial charge in [-0.15, -0.1) is 0 Å². The van der Waals surface area contributed by atoms with E-state index in [0.29, 0.717) is 23.4 Å². The molecular weight excluding hydrogens is 232 g/mol. The van der Waals surface area contributed by atoms with Crippen molar-refractivity contribution < 1.29 is 4.74 Å². The molecule has 4 N–H and O–H groups in total. The Morgan fingerprint density at radius 2 is 2.06 bits per heavy atom. The Hall–Kier alpha value is -1.60. The number of nitrogens with two attached hydrogens (primary N) is 1. The summed E-state index contributed by atoms with van der Waals surface area (Å²) < 4.78 is 5.23. The largest absolute Gasteiger partial charge is 0.490 e. The van der Waals surface area contributed by atoms with E-state index in [1.54, 1.807) is 7.11 Å². The number of hydrogen-bond donors (Lipinski definition) is 3. The molecule has 7 nitrogen and oxygen atoms in total. The van der Waals surface area contributed by atoms with E-state index >= 15 is 0 Å². The number of hydrogen-bond acceptors (Lipinski definition) is 7. The second-order valence-electron chi connectivity index (χ2n) is 4.25. The van der Waals surface area contributed by atoms with Crippen LogP contribution in [0.5, 0.6) is 5.75 Å². The number of likely N-dealkylation sites (N-methyl/N-ethyl adjacent to an activating group) is 1. The lowest BCUT2D eigenvalue weighted by molar-refractivity contribution is 0.284. The fraction of sp³-hybridized carbons (Fsp3) is 0.636. The zero-order valence-electron chi connectivity index (χ0n) is 11.4. The van der Waals surface area contributed by atoms with Gasteiger partial charge in [-0.25, -0.2) is 15.8 Å². The van der Waals surface area contributed by atoms with Crippen LogP contribution in [-0.2, 0) is 0 Å². The van der Waals surface area contributed by atoms with Crippen molar-refractivity contribution in [2.75, 3.05) is 38.0 Å². The van der Waals surface area contributed by atoms with Gasteiger partial charge in [0.15, 0.2) is 11.6 Å². The number of nitrogen functional groups attached to an aromatic ring is 1. The molecule has 0 spiro atoms. The molecule has 1 aromatic heterocycles. The van der Waals surface area contributed by atoms with Gasteiger partial charge < -0.3 is 20.4 Å². The number of anilines is 2. The molecular formula is C11H22N6O. The summed E-state index contributed by atoms with van der Waals surface area (Å²) in [7, 11) is 3.64. The van der Waals surface area contributed by atoms with E-state index in [9.17, 15) is 0 Å². The SMILES string of the molecule is COc1c(NN)ncnc1NCCN(C)C(C)C. The number of nitrogens with one attached hydrogen (secondary N) is 2. The average Bonchev–Trinajstić information content (AvgIpc) is 2.37. The monoisotopic (exact) mass is 254 g/mol. The van der Waals surface area contributed by atoms with Crippen LogP contribution in [0.25, 0.3) is 0 Å². The van der Waals surface area contributed by atoms with Crippen LogP contribution in [0, 0.1) is 0 Å². The molecule has 0 fully saturated rings. The first-order valence-electron chi connectivity index (χ1n) is 5.89. The van der Waals surface area contributed by atoms with Gasteiger partial charge in [0.25, 0.3) is 0 Å². The molecule has 0 radical (unpaired) electrons. The molecule has 102 valence electrons. The van der Waals surface area contributed by atoms with Gasteiger partial charge in [0, 0.05) is 19.1 Å². The van der Waals surface area contributed by atoms with E-state index in [2.05, 4.69) is 46.5 Å². The van der Waals surface area contributed by atoms with Crippen molar-refractivity contribution in [3.63, 3.8) is 0 Å². The standard InChI is InChI=1S/C11H22N6O/c1-8(2)17(3)6-5-13-10-9(18-4)11(16-12)15-7-14-10/h7-8H,5-6,12H2,1-4H3,(H2,13,14,15,16). The summed E-state index contributed by atoms with van der Waals surface area (Å²) >= 11 is 0. The topological polar surface area (TPSA) is 88.3 Å². The van der Waals surface area contributed by atoms with Gasteiger partial charge in [0.2, 0.25) is 5.75 Å². The van der Waals surface area contributed by atoms with Gasteiger partial charge in [-0.1, -0.05) is 0 Å². The van der Waals surface area contributed by atoms with Crippen molar-refractivity contribution >= 4 is 11.6 Å². The molecule has 0 saturated heterocycles. The molecule has 1 rings (SSSR count). The normalized spacial score (nSPS) is 10.8. The lowest BCUT2D eigenvalue weighted by Gasteiger charge is -2.21. The molecule has 0 atom stereocenters. The fourth-order valence-corrected chi connectivity index (χ4v) is 1.40. The highest BCUT2D eigenvalue weighted by molar-refractivity contribution is 5.62. The summed E-state index contributed by atoms with van der Waals surface area (Å²) in [5.41, 5.74) is 2.48. The fourth-order valence-electron chi connectivity index (χ4n) is 1.40. The molecule has 1 aromatic rings. The highest BCUT2D eigenvalue weighted by Gasteiger charge is 2.11. The molecule has 1 heterocycles. The minimum Gasteiger partial charge on any atom is -0.490 e. The number of hydrazine groups is 1. The molecule has 0 unspecified atom stereocenters. The van der Waals surface area contributed by atoms with Gasteiger partial charge in [-0.2, -0.15) is 0 Å². The predicted molar refractivity (Wildman–Crippen MR) is 72.6 cm³/mol. The Morgan fingerprint density at radius 3 is 2.61 bits per heavy atom. The Morgan fingerprint density at radius 1 is 1.39 bits per heavy atom. The maximum Gasteiger partial charge on any atom is 0.205 e. The van der Waals surface area contributed by atoms with Gasteiger partial charge in [0.05, 0.1) is 7.11 Å². The summed E-state index contributed by atoms with van der Waals surface area (Å²) in [4.78, 5) is 10.4. The maximum absolute atomic E-state index is 5.36. The summed E-state index contributed by atoms with van der Waals surface area (Å²) in [5.74, 6) is 6.98. The first-order chi connectivity index (χ1) is 8.60. The van der Waals surface area contributed by atoms with Crippen LogP contribution >= 0.6 is 0 Å². The number of ether oxygens (including phenoxy) is 1. The molecule has 0 aliphatic rings. The molecule has 0 bridgehead atoms. The van der Waals surface area contributed by atoms with Crippen molar-refractivity contribution in [3.8, 4) is 5.75 Å². The van der Waals surface area contributed by atoms with E-state index in [0.717, 1.165) is 13.1 Å². The first kappa shape index (κ1) is 14.5. The van der Waals surface area contributed by atoms with Crippen molar-refractivity contribution in [3.05, 3.63) is 6.33 Å². The number of aromatic nitrogens is 2.